The predicted octanol–water partition coefficient (Wildman–Crippen LogP) is 1.88. The smallest absolute Gasteiger partial charge is 0.341 e. The summed E-state index contributed by atoms with van der Waals surface area (Å²) in [6.07, 6.45) is 3.09. The standard InChI is InChI=1S/C13H12N2O2.CH5N/c16-13(11-5-4-8-14-9-11)17-10-15-12-6-2-1-3-7-12;1-2/h1-9,15H,10H2;2H2,1H3. The molecular formula is C14H17N3O2. The Morgan fingerprint density at radius 2 is 1.95 bits per heavy atom. The fraction of sp³-hybridized carbons (Fsp3) is 0.143. The molecule has 0 fully saturated rings. The van der Waals surface area contributed by atoms with E-state index in [0.717, 1.165) is 5.69 Å². The average Bonchev–Trinajstić information content (AvgIpc) is 2.51. The highest BCUT2D eigenvalue weighted by Gasteiger charge is 2.05. The molecule has 0 atom stereocenters. The summed E-state index contributed by atoms with van der Waals surface area (Å²) >= 11 is 0. The largest absolute Gasteiger partial charge is 0.441 e. The molecule has 0 aliphatic rings. The van der Waals surface area contributed by atoms with Gasteiger partial charge in [-0.05, 0) is 31.3 Å². The fourth-order valence-corrected chi connectivity index (χ4v) is 1.31. The maximum absolute atomic E-state index is 11.5. The van der Waals surface area contributed by atoms with Gasteiger partial charge in [0.2, 0.25) is 0 Å². The molecular weight excluding hydrogens is 242 g/mol. The molecule has 1 heterocycles. The first-order chi connectivity index (χ1) is 9.36. The van der Waals surface area contributed by atoms with Crippen molar-refractivity contribution in [2.24, 2.45) is 5.73 Å². The molecule has 100 valence electrons. The van der Waals surface area contributed by atoms with Crippen LogP contribution in [-0.4, -0.2) is 24.7 Å². The summed E-state index contributed by atoms with van der Waals surface area (Å²) in [5, 5.41) is 2.98. The molecule has 2 rings (SSSR count). The number of benzene rings is 1. The molecule has 0 amide bonds. The van der Waals surface area contributed by atoms with Crippen molar-refractivity contribution in [2.75, 3.05) is 19.1 Å². The van der Waals surface area contributed by atoms with Crippen molar-refractivity contribution in [2.45, 2.75) is 0 Å². The highest BCUT2D eigenvalue weighted by Crippen LogP contribution is 2.05. The number of nitrogens with zero attached hydrogens (tertiary/aromatic N) is 1. The van der Waals surface area contributed by atoms with E-state index in [9.17, 15) is 4.79 Å². The number of carbonyl (C=O) groups is 1. The van der Waals surface area contributed by atoms with E-state index in [4.69, 9.17) is 4.74 Å². The lowest BCUT2D eigenvalue weighted by molar-refractivity contribution is 0.0533. The molecule has 0 aliphatic carbocycles. The molecule has 0 bridgehead atoms. The van der Waals surface area contributed by atoms with Crippen LogP contribution in [0.3, 0.4) is 0 Å². The Kier molecular flexibility index (Phi) is 6.68. The monoisotopic (exact) mass is 259 g/mol. The molecule has 3 N–H and O–H groups in total. The summed E-state index contributed by atoms with van der Waals surface area (Å²) in [5.41, 5.74) is 5.86. The molecule has 5 nitrogen and oxygen atoms in total. The lowest BCUT2D eigenvalue weighted by Crippen LogP contribution is -2.12. The normalized spacial score (nSPS) is 8.95. The van der Waals surface area contributed by atoms with Gasteiger partial charge in [-0.15, -0.1) is 0 Å². The van der Waals surface area contributed by atoms with Crippen molar-refractivity contribution in [3.63, 3.8) is 0 Å². The number of esters is 1. The van der Waals surface area contributed by atoms with Crippen LogP contribution >= 0.6 is 0 Å². The van der Waals surface area contributed by atoms with Crippen LogP contribution in [0.1, 0.15) is 10.4 Å². The van der Waals surface area contributed by atoms with Crippen LogP contribution < -0.4 is 11.1 Å². The van der Waals surface area contributed by atoms with Gasteiger partial charge in [0.05, 0.1) is 5.56 Å². The van der Waals surface area contributed by atoms with Crippen molar-refractivity contribution < 1.29 is 9.53 Å². The summed E-state index contributed by atoms with van der Waals surface area (Å²) in [6, 6.07) is 12.9. The van der Waals surface area contributed by atoms with E-state index in [1.54, 1.807) is 18.3 Å². The van der Waals surface area contributed by atoms with Gasteiger partial charge in [-0.25, -0.2) is 4.79 Å². The quantitative estimate of drug-likeness (QED) is 0.647. The number of rotatable bonds is 4. The third-order valence-corrected chi connectivity index (χ3v) is 2.15. The summed E-state index contributed by atoms with van der Waals surface area (Å²) in [5.74, 6) is -0.387. The Bertz CT molecular complexity index is 475. The zero-order valence-electron chi connectivity index (χ0n) is 10.7. The lowest BCUT2D eigenvalue weighted by Gasteiger charge is -2.07. The van der Waals surface area contributed by atoms with Crippen molar-refractivity contribution >= 4 is 11.7 Å². The Morgan fingerprint density at radius 3 is 2.58 bits per heavy atom. The third-order valence-electron chi connectivity index (χ3n) is 2.15. The van der Waals surface area contributed by atoms with Crippen LogP contribution in [0.2, 0.25) is 0 Å². The third kappa shape index (κ3) is 5.18. The van der Waals surface area contributed by atoms with Gasteiger partial charge >= 0.3 is 5.97 Å². The second-order valence-corrected chi connectivity index (χ2v) is 3.36. The topological polar surface area (TPSA) is 77.2 Å². The summed E-state index contributed by atoms with van der Waals surface area (Å²) in [7, 11) is 1.50. The van der Waals surface area contributed by atoms with E-state index in [0.29, 0.717) is 5.56 Å². The average molecular weight is 259 g/mol. The molecule has 5 heteroatoms. The highest BCUT2D eigenvalue weighted by molar-refractivity contribution is 5.88. The number of hydrogen-bond acceptors (Lipinski definition) is 5. The van der Waals surface area contributed by atoms with Crippen molar-refractivity contribution in [3.05, 3.63) is 60.4 Å². The van der Waals surface area contributed by atoms with E-state index in [1.165, 1.54) is 13.2 Å². The number of hydrogen-bond donors (Lipinski definition) is 2. The predicted molar refractivity (Wildman–Crippen MR) is 74.7 cm³/mol. The fourth-order valence-electron chi connectivity index (χ4n) is 1.31. The van der Waals surface area contributed by atoms with Crippen LogP contribution in [0.15, 0.2) is 54.9 Å². The van der Waals surface area contributed by atoms with Gasteiger partial charge in [0.25, 0.3) is 0 Å². The molecule has 0 unspecified atom stereocenters. The molecule has 0 saturated carbocycles. The first kappa shape index (κ1) is 14.7. The molecule has 0 spiro atoms. The van der Waals surface area contributed by atoms with Gasteiger partial charge in [-0.3, -0.25) is 4.98 Å². The van der Waals surface area contributed by atoms with Crippen LogP contribution in [-0.2, 0) is 4.74 Å². The number of aromatic nitrogens is 1. The summed E-state index contributed by atoms with van der Waals surface area (Å²) in [4.78, 5) is 15.4. The zero-order valence-corrected chi connectivity index (χ0v) is 10.7. The van der Waals surface area contributed by atoms with Crippen LogP contribution in [0.5, 0.6) is 0 Å². The first-order valence-corrected chi connectivity index (χ1v) is 5.80. The SMILES string of the molecule is CN.O=C(OCNc1ccccc1)c1cccnc1. The van der Waals surface area contributed by atoms with Crippen LogP contribution in [0.25, 0.3) is 0 Å². The Labute approximate surface area is 112 Å². The van der Waals surface area contributed by atoms with Gasteiger partial charge in [-0.2, -0.15) is 0 Å². The van der Waals surface area contributed by atoms with Gasteiger partial charge < -0.3 is 15.8 Å². The van der Waals surface area contributed by atoms with Crippen molar-refractivity contribution in [1.82, 2.24) is 4.98 Å². The van der Waals surface area contributed by atoms with E-state index in [1.807, 2.05) is 30.3 Å². The number of nitrogens with two attached hydrogens (primary N) is 1. The minimum absolute atomic E-state index is 0.137. The van der Waals surface area contributed by atoms with Gasteiger partial charge in [-0.1, -0.05) is 18.2 Å². The van der Waals surface area contributed by atoms with E-state index < -0.39 is 0 Å². The van der Waals surface area contributed by atoms with Crippen molar-refractivity contribution in [1.29, 1.82) is 0 Å². The second-order valence-electron chi connectivity index (χ2n) is 3.36. The van der Waals surface area contributed by atoms with Crippen LogP contribution in [0.4, 0.5) is 5.69 Å². The molecule has 0 saturated heterocycles. The van der Waals surface area contributed by atoms with Crippen molar-refractivity contribution in [3.8, 4) is 0 Å². The zero-order chi connectivity index (χ0) is 13.9. The summed E-state index contributed by atoms with van der Waals surface area (Å²) in [6.45, 7) is 0.137. The van der Waals surface area contributed by atoms with E-state index in [2.05, 4.69) is 16.0 Å². The first-order valence-electron chi connectivity index (χ1n) is 5.80. The maximum atomic E-state index is 11.5. The van der Waals surface area contributed by atoms with E-state index in [-0.39, 0.29) is 12.7 Å². The minimum Gasteiger partial charge on any atom is -0.441 e. The Morgan fingerprint density at radius 1 is 1.21 bits per heavy atom. The number of carbonyl (C=O) groups excluding carboxylic acids is 1. The second kappa shape index (κ2) is 8.66. The Balaban J connectivity index is 0.000000861. The Hall–Kier alpha value is -2.40. The number of ether oxygens (including phenoxy) is 1. The van der Waals surface area contributed by atoms with Gasteiger partial charge in [0.15, 0.2) is 6.73 Å². The lowest BCUT2D eigenvalue weighted by atomic mass is 10.3. The number of para-hydroxylation sites is 1. The number of anilines is 1. The molecule has 1 aromatic heterocycles. The molecule has 2 aromatic rings. The molecule has 0 aliphatic heterocycles. The number of nitrogens with one attached hydrogen (secondary N) is 1. The van der Waals surface area contributed by atoms with Gasteiger partial charge in [0, 0.05) is 18.1 Å². The molecule has 19 heavy (non-hydrogen) atoms. The molecule has 0 radical (unpaired) electrons. The minimum atomic E-state index is -0.387. The molecule has 1 aromatic carbocycles. The summed E-state index contributed by atoms with van der Waals surface area (Å²) < 4.78 is 5.04. The number of pyridine rings is 1. The van der Waals surface area contributed by atoms with E-state index >= 15 is 0 Å². The van der Waals surface area contributed by atoms with Gasteiger partial charge in [0.1, 0.15) is 0 Å². The maximum Gasteiger partial charge on any atom is 0.341 e. The van der Waals surface area contributed by atoms with Crippen LogP contribution in [0, 0.1) is 0 Å². The highest BCUT2D eigenvalue weighted by atomic mass is 16.5.